The van der Waals surface area contributed by atoms with E-state index in [9.17, 15) is 34.8 Å². The summed E-state index contributed by atoms with van der Waals surface area (Å²) in [5.41, 5.74) is -2.83. The van der Waals surface area contributed by atoms with Gasteiger partial charge in [0.15, 0.2) is 5.60 Å². The number of hydrogen-bond donors (Lipinski definition) is 4. The standard InChI is InChI=1S/C44H84O7/c1-3-5-7-9-11-13-15-17-19-20-21-22-23-25-27-29-31-33-35-37-39(41(42(47)48)44(51,43(49)50)38-40(45)46)36-34-32-30-28-26-24-18-16-14-12-10-8-6-4-2/h39,41,51H,3-38H2,1-2H3,(H,45,46)(H,47,48)(H,49,50). The number of carbonyl (C=O) groups is 3. The molecule has 0 amide bonds. The number of rotatable bonds is 41. The summed E-state index contributed by atoms with van der Waals surface area (Å²) in [6, 6.07) is 0. The minimum atomic E-state index is -2.83. The second-order valence-electron chi connectivity index (χ2n) is 15.9. The summed E-state index contributed by atoms with van der Waals surface area (Å²) in [6.45, 7) is 4.51. The van der Waals surface area contributed by atoms with Crippen LogP contribution in [0.4, 0.5) is 0 Å². The van der Waals surface area contributed by atoms with Gasteiger partial charge in [-0.1, -0.05) is 226 Å². The van der Waals surface area contributed by atoms with Crippen molar-refractivity contribution in [1.82, 2.24) is 0 Å². The van der Waals surface area contributed by atoms with Crippen molar-refractivity contribution in [3.05, 3.63) is 0 Å². The van der Waals surface area contributed by atoms with Gasteiger partial charge in [0.25, 0.3) is 0 Å². The molecule has 0 rings (SSSR count). The van der Waals surface area contributed by atoms with Crippen molar-refractivity contribution in [3.8, 4) is 0 Å². The monoisotopic (exact) mass is 725 g/mol. The van der Waals surface area contributed by atoms with E-state index in [0.717, 1.165) is 51.4 Å². The molecule has 0 aromatic rings. The number of carboxylic acid groups (broad SMARTS) is 3. The minimum absolute atomic E-state index is 0.489. The van der Waals surface area contributed by atoms with Gasteiger partial charge in [0.2, 0.25) is 0 Å². The van der Waals surface area contributed by atoms with E-state index < -0.39 is 41.8 Å². The van der Waals surface area contributed by atoms with E-state index in [2.05, 4.69) is 13.8 Å². The van der Waals surface area contributed by atoms with E-state index in [1.165, 1.54) is 161 Å². The molecule has 51 heavy (non-hydrogen) atoms. The molecule has 0 radical (unpaired) electrons. The Morgan fingerprint density at radius 3 is 0.843 bits per heavy atom. The summed E-state index contributed by atoms with van der Waals surface area (Å²) in [5.74, 6) is -6.93. The summed E-state index contributed by atoms with van der Waals surface area (Å²) < 4.78 is 0. The van der Waals surface area contributed by atoms with Gasteiger partial charge in [-0.3, -0.25) is 9.59 Å². The number of hydrogen-bond acceptors (Lipinski definition) is 4. The topological polar surface area (TPSA) is 132 Å². The van der Waals surface area contributed by atoms with E-state index in [1.54, 1.807) is 0 Å². The fourth-order valence-corrected chi connectivity index (χ4v) is 7.91. The average molecular weight is 725 g/mol. The zero-order valence-corrected chi connectivity index (χ0v) is 33.6. The Labute approximate surface area is 314 Å². The van der Waals surface area contributed by atoms with Gasteiger partial charge < -0.3 is 20.4 Å². The van der Waals surface area contributed by atoms with Crippen molar-refractivity contribution in [3.63, 3.8) is 0 Å². The molecule has 7 heteroatoms. The summed E-state index contributed by atoms with van der Waals surface area (Å²) in [5, 5.41) is 40.2. The first-order chi connectivity index (χ1) is 24.7. The third kappa shape index (κ3) is 28.5. The molecule has 0 aliphatic rings. The normalized spacial score (nSPS) is 13.9. The van der Waals surface area contributed by atoms with Gasteiger partial charge in [-0.05, 0) is 18.8 Å². The van der Waals surface area contributed by atoms with E-state index >= 15 is 0 Å². The predicted octanol–water partition coefficient (Wildman–Crippen LogP) is 13.3. The lowest BCUT2D eigenvalue weighted by molar-refractivity contribution is -0.183. The lowest BCUT2D eigenvalue weighted by Crippen LogP contribution is -2.53. The van der Waals surface area contributed by atoms with E-state index in [1.807, 2.05) is 0 Å². The van der Waals surface area contributed by atoms with Crippen LogP contribution >= 0.6 is 0 Å². The smallest absolute Gasteiger partial charge is 0.337 e. The Bertz CT molecular complexity index is 815. The molecule has 0 spiro atoms. The van der Waals surface area contributed by atoms with Crippen molar-refractivity contribution in [2.24, 2.45) is 11.8 Å². The van der Waals surface area contributed by atoms with Gasteiger partial charge >= 0.3 is 17.9 Å². The van der Waals surface area contributed by atoms with Crippen molar-refractivity contribution < 1.29 is 34.8 Å². The van der Waals surface area contributed by atoms with Gasteiger partial charge in [0.1, 0.15) is 0 Å². The maximum absolute atomic E-state index is 12.4. The van der Waals surface area contributed by atoms with Crippen LogP contribution < -0.4 is 0 Å². The quantitative estimate of drug-likeness (QED) is 0.0461. The number of aliphatic carboxylic acids is 3. The van der Waals surface area contributed by atoms with Crippen LogP contribution in [0.5, 0.6) is 0 Å². The third-order valence-electron chi connectivity index (χ3n) is 11.1. The van der Waals surface area contributed by atoms with Crippen LogP contribution in [0, 0.1) is 11.8 Å². The van der Waals surface area contributed by atoms with Crippen LogP contribution in [-0.4, -0.2) is 43.9 Å². The van der Waals surface area contributed by atoms with Crippen LogP contribution in [-0.2, 0) is 14.4 Å². The molecule has 0 bridgehead atoms. The molecule has 4 N–H and O–H groups in total. The second-order valence-corrected chi connectivity index (χ2v) is 15.9. The van der Waals surface area contributed by atoms with Gasteiger partial charge in [0, 0.05) is 0 Å². The summed E-state index contributed by atoms with van der Waals surface area (Å²) in [4.78, 5) is 36.0. The molecule has 0 aliphatic heterocycles. The highest BCUT2D eigenvalue weighted by Crippen LogP contribution is 2.36. The molecule has 0 heterocycles. The van der Waals surface area contributed by atoms with Crippen LogP contribution in [0.25, 0.3) is 0 Å². The van der Waals surface area contributed by atoms with E-state index in [0.29, 0.717) is 12.8 Å². The summed E-state index contributed by atoms with van der Waals surface area (Å²) in [6.07, 6.45) is 41.0. The predicted molar refractivity (Wildman–Crippen MR) is 212 cm³/mol. The minimum Gasteiger partial charge on any atom is -0.481 e. The van der Waals surface area contributed by atoms with Gasteiger partial charge in [-0.2, -0.15) is 0 Å². The third-order valence-corrected chi connectivity index (χ3v) is 11.1. The molecule has 7 nitrogen and oxygen atoms in total. The maximum atomic E-state index is 12.4. The van der Waals surface area contributed by atoms with Crippen LogP contribution in [0.2, 0.25) is 0 Å². The Kier molecular flexibility index (Phi) is 34.3. The second kappa shape index (κ2) is 35.4. The van der Waals surface area contributed by atoms with Gasteiger partial charge in [-0.25, -0.2) is 4.79 Å². The maximum Gasteiger partial charge on any atom is 0.337 e. The van der Waals surface area contributed by atoms with E-state index in [-0.39, 0.29) is 0 Å². The SMILES string of the molecule is CCCCCCCCCCCCCCCCCCCCCC(CCCCCCCCCCCCCCCC)C(C(=O)O)C(O)(CC(=O)O)C(=O)O. The number of aliphatic hydroxyl groups is 1. The van der Waals surface area contributed by atoms with Crippen LogP contribution in [0.15, 0.2) is 0 Å². The Hall–Kier alpha value is -1.63. The Morgan fingerprint density at radius 1 is 0.412 bits per heavy atom. The fourth-order valence-electron chi connectivity index (χ4n) is 7.91. The zero-order valence-electron chi connectivity index (χ0n) is 33.6. The molecule has 0 aromatic heterocycles. The van der Waals surface area contributed by atoms with Crippen molar-refractivity contribution in [2.45, 2.75) is 251 Å². The number of carboxylic acids is 3. The molecule has 302 valence electrons. The molecule has 3 atom stereocenters. The first-order valence-corrected chi connectivity index (χ1v) is 22.1. The average Bonchev–Trinajstić information content (AvgIpc) is 3.08. The van der Waals surface area contributed by atoms with Crippen LogP contribution in [0.1, 0.15) is 245 Å². The van der Waals surface area contributed by atoms with Crippen molar-refractivity contribution in [2.75, 3.05) is 0 Å². The molecule has 0 aromatic carbocycles. The number of unbranched alkanes of at least 4 members (excludes halogenated alkanes) is 31. The summed E-state index contributed by atoms with van der Waals surface area (Å²) in [7, 11) is 0. The summed E-state index contributed by atoms with van der Waals surface area (Å²) >= 11 is 0. The van der Waals surface area contributed by atoms with Crippen molar-refractivity contribution >= 4 is 17.9 Å². The highest BCUT2D eigenvalue weighted by Gasteiger charge is 2.52. The Morgan fingerprint density at radius 2 is 0.647 bits per heavy atom. The molecule has 0 saturated carbocycles. The van der Waals surface area contributed by atoms with Gasteiger partial charge in [-0.15, -0.1) is 0 Å². The lowest BCUT2D eigenvalue weighted by Gasteiger charge is -2.34. The molecule has 0 aliphatic carbocycles. The Balaban J connectivity index is 4.42. The first kappa shape index (κ1) is 49.4. The molecule has 3 unspecified atom stereocenters. The fraction of sp³-hybridized carbons (Fsp3) is 0.932. The van der Waals surface area contributed by atoms with Gasteiger partial charge in [0.05, 0.1) is 12.3 Å². The molecule has 0 fully saturated rings. The van der Waals surface area contributed by atoms with E-state index in [4.69, 9.17) is 0 Å². The van der Waals surface area contributed by atoms with Crippen molar-refractivity contribution in [1.29, 1.82) is 0 Å². The van der Waals surface area contributed by atoms with Crippen LogP contribution in [0.3, 0.4) is 0 Å². The highest BCUT2D eigenvalue weighted by molar-refractivity contribution is 5.89. The first-order valence-electron chi connectivity index (χ1n) is 22.1. The molecular formula is C44H84O7. The molecule has 0 saturated heterocycles. The zero-order chi connectivity index (χ0) is 37.8. The molecular weight excluding hydrogens is 640 g/mol. The largest absolute Gasteiger partial charge is 0.481 e. The lowest BCUT2D eigenvalue weighted by atomic mass is 9.72. The highest BCUT2D eigenvalue weighted by atomic mass is 16.4.